The molecule has 0 unspecified atom stereocenters. The van der Waals surface area contributed by atoms with Crippen molar-refractivity contribution in [3.05, 3.63) is 271 Å². The lowest BCUT2D eigenvalue weighted by atomic mass is 9.93. The molecule has 6 nitrogen and oxygen atoms in total. The fourth-order valence-electron chi connectivity index (χ4n) is 9.08. The van der Waals surface area contributed by atoms with Crippen molar-refractivity contribution in [2.45, 2.75) is 19.6 Å². The van der Waals surface area contributed by atoms with E-state index in [1.807, 2.05) is 18.2 Å². The number of hydrogen-bond donors (Lipinski definition) is 3. The van der Waals surface area contributed by atoms with Gasteiger partial charge < -0.3 is 31.9 Å². The summed E-state index contributed by atoms with van der Waals surface area (Å²) in [7, 11) is 0. The molecule has 0 aliphatic heterocycles. The largest absolute Gasteiger partial charge is 0.326 e. The molecule has 0 heterocycles. The first-order valence-electron chi connectivity index (χ1n) is 23.4. The quantitative estimate of drug-likeness (QED) is 0.0950. The van der Waals surface area contributed by atoms with Crippen molar-refractivity contribution in [1.82, 2.24) is 0 Å². The van der Waals surface area contributed by atoms with E-state index in [0.717, 1.165) is 101 Å². The van der Waals surface area contributed by atoms with Crippen molar-refractivity contribution in [3.8, 4) is 33.4 Å². The average molecular weight is 895 g/mol. The number of hydrogen-bond acceptors (Lipinski definition) is 6. The maximum atomic E-state index is 6.12. The molecule has 336 valence electrons. The Bertz CT molecular complexity index is 2900. The van der Waals surface area contributed by atoms with Crippen LogP contribution >= 0.6 is 0 Å². The van der Waals surface area contributed by atoms with Crippen LogP contribution in [0.15, 0.2) is 255 Å². The van der Waals surface area contributed by atoms with Gasteiger partial charge in [0, 0.05) is 70.8 Å². The lowest BCUT2D eigenvalue weighted by molar-refractivity contribution is 1.07. The fraction of sp³-hybridized carbons (Fsp3) is 0.0476. The monoisotopic (exact) mass is 894 g/mol. The lowest BCUT2D eigenvalue weighted by Gasteiger charge is -2.26. The van der Waals surface area contributed by atoms with Gasteiger partial charge in [-0.15, -0.1) is 0 Å². The first-order chi connectivity index (χ1) is 34.0. The minimum atomic E-state index is 0.474. The third-order valence-electron chi connectivity index (χ3n) is 12.6. The van der Waals surface area contributed by atoms with Crippen molar-refractivity contribution >= 4 is 51.2 Å². The smallest absolute Gasteiger partial charge is 0.0464 e. The van der Waals surface area contributed by atoms with Gasteiger partial charge in [0.2, 0.25) is 0 Å². The minimum absolute atomic E-state index is 0.474. The highest BCUT2D eigenvalue weighted by Gasteiger charge is 2.18. The minimum Gasteiger partial charge on any atom is -0.326 e. The van der Waals surface area contributed by atoms with Crippen LogP contribution in [0.5, 0.6) is 0 Å². The Morgan fingerprint density at radius 1 is 0.203 bits per heavy atom. The van der Waals surface area contributed by atoms with Crippen molar-refractivity contribution < 1.29 is 0 Å². The van der Waals surface area contributed by atoms with Crippen molar-refractivity contribution in [1.29, 1.82) is 0 Å². The van der Waals surface area contributed by atoms with E-state index < -0.39 is 0 Å². The summed E-state index contributed by atoms with van der Waals surface area (Å²) < 4.78 is 0. The molecule has 0 spiro atoms. The Balaban J connectivity index is 1.06. The maximum Gasteiger partial charge on any atom is 0.0464 e. The van der Waals surface area contributed by atoms with Crippen LogP contribution in [-0.2, 0) is 19.6 Å². The van der Waals surface area contributed by atoms with Gasteiger partial charge >= 0.3 is 0 Å². The number of anilines is 9. The molecule has 6 heteroatoms. The number of benzene rings is 10. The van der Waals surface area contributed by atoms with Gasteiger partial charge in [0.1, 0.15) is 0 Å². The van der Waals surface area contributed by atoms with E-state index in [1.165, 1.54) is 0 Å². The van der Waals surface area contributed by atoms with Gasteiger partial charge in [0.15, 0.2) is 0 Å². The molecule has 0 atom stereocenters. The molecule has 0 aliphatic carbocycles. The van der Waals surface area contributed by atoms with Crippen molar-refractivity contribution in [3.63, 3.8) is 0 Å². The second-order valence-electron chi connectivity index (χ2n) is 17.1. The Kier molecular flexibility index (Phi) is 13.2. The van der Waals surface area contributed by atoms with E-state index in [-0.39, 0.29) is 0 Å². The first-order valence-corrected chi connectivity index (χ1v) is 23.4. The maximum absolute atomic E-state index is 6.12. The second-order valence-corrected chi connectivity index (χ2v) is 17.1. The molecule has 0 fully saturated rings. The molecule has 0 aromatic heterocycles. The molecule has 0 radical (unpaired) electrons. The Hall–Kier alpha value is -8.52. The molecule has 10 aromatic carbocycles. The van der Waals surface area contributed by atoms with Crippen LogP contribution in [0.1, 0.15) is 16.7 Å². The SMILES string of the molecule is NCc1cccc(N(c2ccccc2)c2ccc(-c3cc(-c4ccc(N(c5ccccc5)c5cccc(CN)c5)cc4)cc(-c4ccc(N(c5ccccc5)c5cccc(CN)c5)cc4)c3)cc2)c1. The van der Waals surface area contributed by atoms with Crippen LogP contribution in [0.2, 0.25) is 0 Å². The molecule has 10 aromatic rings. The van der Waals surface area contributed by atoms with Gasteiger partial charge in [0.25, 0.3) is 0 Å². The number of nitrogens with zero attached hydrogens (tertiary/aromatic N) is 3. The summed E-state index contributed by atoms with van der Waals surface area (Å²) >= 11 is 0. The van der Waals surface area contributed by atoms with E-state index in [2.05, 4.69) is 251 Å². The summed E-state index contributed by atoms with van der Waals surface area (Å²) in [6.07, 6.45) is 0. The van der Waals surface area contributed by atoms with Crippen LogP contribution < -0.4 is 31.9 Å². The third kappa shape index (κ3) is 9.82. The van der Waals surface area contributed by atoms with Crippen LogP contribution in [0.25, 0.3) is 33.4 Å². The van der Waals surface area contributed by atoms with E-state index in [9.17, 15) is 0 Å². The number of nitrogens with two attached hydrogens (primary N) is 3. The van der Waals surface area contributed by atoms with E-state index >= 15 is 0 Å². The second kappa shape index (κ2) is 20.6. The summed E-state index contributed by atoms with van der Waals surface area (Å²) in [5.41, 5.74) is 37.9. The fourth-order valence-corrected chi connectivity index (χ4v) is 9.08. The Morgan fingerprint density at radius 2 is 0.435 bits per heavy atom. The van der Waals surface area contributed by atoms with Crippen LogP contribution in [0, 0.1) is 0 Å². The highest BCUT2D eigenvalue weighted by atomic mass is 15.2. The summed E-state index contributed by atoms with van der Waals surface area (Å²) in [4.78, 5) is 6.85. The van der Waals surface area contributed by atoms with Gasteiger partial charge in [-0.2, -0.15) is 0 Å². The summed E-state index contributed by atoms with van der Waals surface area (Å²) in [5.74, 6) is 0. The van der Waals surface area contributed by atoms with Gasteiger partial charge in [-0.1, -0.05) is 127 Å². The van der Waals surface area contributed by atoms with Crippen molar-refractivity contribution in [2.75, 3.05) is 14.7 Å². The topological polar surface area (TPSA) is 87.8 Å². The van der Waals surface area contributed by atoms with E-state index in [0.29, 0.717) is 19.6 Å². The highest BCUT2D eigenvalue weighted by molar-refractivity contribution is 5.86. The van der Waals surface area contributed by atoms with Crippen LogP contribution in [-0.4, -0.2) is 0 Å². The molecule has 0 saturated carbocycles. The van der Waals surface area contributed by atoms with Crippen molar-refractivity contribution in [2.24, 2.45) is 17.2 Å². The zero-order valence-electron chi connectivity index (χ0n) is 38.4. The molecule has 0 bridgehead atoms. The lowest BCUT2D eigenvalue weighted by Crippen LogP contribution is -2.10. The van der Waals surface area contributed by atoms with Crippen LogP contribution in [0.4, 0.5) is 51.2 Å². The predicted octanol–water partition coefficient (Wildman–Crippen LogP) is 15.5. The zero-order valence-corrected chi connectivity index (χ0v) is 38.4. The summed E-state index contributed by atoms with van der Waals surface area (Å²) in [6.45, 7) is 1.42. The van der Waals surface area contributed by atoms with Gasteiger partial charge in [-0.3, -0.25) is 0 Å². The third-order valence-corrected chi connectivity index (χ3v) is 12.6. The predicted molar refractivity (Wildman–Crippen MR) is 290 cm³/mol. The normalized spacial score (nSPS) is 11.0. The molecular formula is C63H54N6. The van der Waals surface area contributed by atoms with Gasteiger partial charge in [-0.25, -0.2) is 0 Å². The van der Waals surface area contributed by atoms with Gasteiger partial charge in [0.05, 0.1) is 0 Å². The highest BCUT2D eigenvalue weighted by Crippen LogP contribution is 2.41. The number of rotatable bonds is 15. The Morgan fingerprint density at radius 3 is 0.681 bits per heavy atom. The summed E-state index contributed by atoms with van der Waals surface area (Å²) in [6, 6.07) is 90.4. The molecule has 0 saturated heterocycles. The Labute approximate surface area is 405 Å². The molecule has 6 N–H and O–H groups in total. The average Bonchev–Trinajstić information content (AvgIpc) is 3.42. The zero-order chi connectivity index (χ0) is 46.9. The van der Waals surface area contributed by atoms with Crippen LogP contribution in [0.3, 0.4) is 0 Å². The molecular weight excluding hydrogens is 841 g/mol. The van der Waals surface area contributed by atoms with E-state index in [4.69, 9.17) is 17.2 Å². The molecule has 0 aliphatic rings. The molecule has 10 rings (SSSR count). The number of para-hydroxylation sites is 3. The standard InChI is InChI=1S/C63H54N6/c64-43-46-13-10-22-61(37-46)67(55-16-4-1-5-17-55)58-31-25-49(26-32-58)52-40-53(50-27-33-59(34-28-50)68(56-18-6-2-7-19-56)62-23-11-14-47(38-62)44-65)42-54(41-52)51-29-35-60(36-30-51)69(57-20-8-3-9-21-57)63-24-12-15-48(39-63)45-66/h1-42H,43-45,64-66H2. The van der Waals surface area contributed by atoms with E-state index in [1.54, 1.807) is 0 Å². The van der Waals surface area contributed by atoms with Gasteiger partial charge in [-0.05, 0) is 177 Å². The molecule has 0 amide bonds. The first kappa shape index (κ1) is 44.3. The molecule has 69 heavy (non-hydrogen) atoms. The summed E-state index contributed by atoms with van der Waals surface area (Å²) in [5, 5.41) is 0.